The summed E-state index contributed by atoms with van der Waals surface area (Å²) in [5, 5.41) is 3.62. The number of nitrogens with one attached hydrogen (secondary N) is 1. The highest BCUT2D eigenvalue weighted by Crippen LogP contribution is 2.26. The molecule has 1 atom stereocenters. The predicted molar refractivity (Wildman–Crippen MR) is 81.0 cm³/mol. The number of rotatable bonds is 9. The third-order valence-electron chi connectivity index (χ3n) is 4.12. The van der Waals surface area contributed by atoms with E-state index in [1.54, 1.807) is 0 Å². The first-order valence-electron chi connectivity index (χ1n) is 8.15. The molecule has 0 heterocycles. The van der Waals surface area contributed by atoms with Gasteiger partial charge in [-0.25, -0.2) is 0 Å². The molecule has 0 aromatic heterocycles. The number of hydrogen-bond donors (Lipinski definition) is 1. The summed E-state index contributed by atoms with van der Waals surface area (Å²) in [6, 6.07) is 1.60. The van der Waals surface area contributed by atoms with Crippen LogP contribution in [-0.2, 0) is 0 Å². The lowest BCUT2D eigenvalue weighted by Gasteiger charge is -2.37. The van der Waals surface area contributed by atoms with E-state index in [0.29, 0.717) is 0 Å². The average Bonchev–Trinajstić information content (AvgIpc) is 2.86. The molecule has 0 saturated heterocycles. The minimum Gasteiger partial charge on any atom is -0.315 e. The van der Waals surface area contributed by atoms with Crippen LogP contribution in [0.3, 0.4) is 0 Å². The van der Waals surface area contributed by atoms with Crippen molar-refractivity contribution in [1.82, 2.24) is 10.2 Å². The maximum atomic E-state index is 3.62. The van der Waals surface area contributed by atoms with Crippen LogP contribution in [0.1, 0.15) is 66.2 Å². The Morgan fingerprint density at radius 3 is 2.33 bits per heavy atom. The summed E-state index contributed by atoms with van der Waals surface area (Å²) >= 11 is 0. The second-order valence-corrected chi connectivity index (χ2v) is 6.30. The fourth-order valence-corrected chi connectivity index (χ4v) is 3.20. The number of hydrogen-bond acceptors (Lipinski definition) is 2. The van der Waals surface area contributed by atoms with Crippen LogP contribution < -0.4 is 5.32 Å². The van der Waals surface area contributed by atoms with Gasteiger partial charge >= 0.3 is 0 Å². The van der Waals surface area contributed by atoms with Crippen LogP contribution in [0.25, 0.3) is 0 Å². The molecular weight excluding hydrogens is 220 g/mol. The topological polar surface area (TPSA) is 15.3 Å². The van der Waals surface area contributed by atoms with Gasteiger partial charge in [0.05, 0.1) is 0 Å². The molecule has 1 aliphatic carbocycles. The molecule has 1 aliphatic rings. The molecule has 2 nitrogen and oxygen atoms in total. The summed E-state index contributed by atoms with van der Waals surface area (Å²) in [7, 11) is 0. The molecule has 0 amide bonds. The molecule has 0 spiro atoms. The highest BCUT2D eigenvalue weighted by atomic mass is 15.2. The van der Waals surface area contributed by atoms with Gasteiger partial charge in [0.25, 0.3) is 0 Å². The van der Waals surface area contributed by atoms with Crippen LogP contribution in [0.2, 0.25) is 0 Å². The molecule has 0 aromatic rings. The zero-order valence-corrected chi connectivity index (χ0v) is 13.0. The minimum absolute atomic E-state index is 0.738. The summed E-state index contributed by atoms with van der Waals surface area (Å²) in [4.78, 5) is 2.82. The monoisotopic (exact) mass is 254 g/mol. The van der Waals surface area contributed by atoms with Crippen molar-refractivity contribution in [2.24, 2.45) is 5.92 Å². The van der Waals surface area contributed by atoms with Crippen LogP contribution in [-0.4, -0.2) is 36.6 Å². The molecule has 0 radical (unpaired) electrons. The summed E-state index contributed by atoms with van der Waals surface area (Å²) in [5.74, 6) is 0.783. The van der Waals surface area contributed by atoms with Gasteiger partial charge in [0.1, 0.15) is 0 Å². The minimum atomic E-state index is 0.738. The first kappa shape index (κ1) is 16.0. The van der Waals surface area contributed by atoms with Gasteiger partial charge in [-0.05, 0) is 38.1 Å². The second kappa shape index (κ2) is 8.92. The van der Waals surface area contributed by atoms with Crippen LogP contribution in [0, 0.1) is 5.92 Å². The molecule has 108 valence electrons. The van der Waals surface area contributed by atoms with Crippen molar-refractivity contribution in [3.63, 3.8) is 0 Å². The third kappa shape index (κ3) is 5.27. The lowest BCUT2D eigenvalue weighted by molar-refractivity contribution is 0.113. The maximum Gasteiger partial charge on any atom is 0.0221 e. The fraction of sp³-hybridized carbons (Fsp3) is 1.00. The van der Waals surface area contributed by atoms with Crippen LogP contribution >= 0.6 is 0 Å². The summed E-state index contributed by atoms with van der Waals surface area (Å²) < 4.78 is 0. The summed E-state index contributed by atoms with van der Waals surface area (Å²) in [6.45, 7) is 12.9. The van der Waals surface area contributed by atoms with E-state index in [1.807, 2.05) is 0 Å². The molecule has 1 fully saturated rings. The molecule has 0 bridgehead atoms. The van der Waals surface area contributed by atoms with Crippen molar-refractivity contribution in [2.45, 2.75) is 78.3 Å². The van der Waals surface area contributed by atoms with Crippen LogP contribution in [0.4, 0.5) is 0 Å². The second-order valence-electron chi connectivity index (χ2n) is 6.30. The van der Waals surface area contributed by atoms with Crippen molar-refractivity contribution in [3.05, 3.63) is 0 Å². The Morgan fingerprint density at radius 2 is 1.83 bits per heavy atom. The molecule has 0 aliphatic heterocycles. The fourth-order valence-electron chi connectivity index (χ4n) is 3.20. The quantitative estimate of drug-likeness (QED) is 0.632. The molecule has 18 heavy (non-hydrogen) atoms. The Kier molecular flexibility index (Phi) is 7.92. The van der Waals surface area contributed by atoms with Gasteiger partial charge < -0.3 is 5.32 Å². The largest absolute Gasteiger partial charge is 0.315 e. The first-order valence-corrected chi connectivity index (χ1v) is 8.15. The van der Waals surface area contributed by atoms with E-state index in [-0.39, 0.29) is 0 Å². The molecule has 1 N–H and O–H groups in total. The highest BCUT2D eigenvalue weighted by molar-refractivity contribution is 4.84. The zero-order valence-electron chi connectivity index (χ0n) is 13.0. The lowest BCUT2D eigenvalue weighted by Crippen LogP contribution is -2.48. The smallest absolute Gasteiger partial charge is 0.0221 e. The van der Waals surface area contributed by atoms with Crippen LogP contribution in [0.5, 0.6) is 0 Å². The van der Waals surface area contributed by atoms with Gasteiger partial charge in [-0.3, -0.25) is 4.90 Å². The van der Waals surface area contributed by atoms with Gasteiger partial charge in [0.15, 0.2) is 0 Å². The van der Waals surface area contributed by atoms with Gasteiger partial charge in [-0.1, -0.05) is 40.5 Å². The van der Waals surface area contributed by atoms with Gasteiger partial charge in [0, 0.05) is 25.2 Å². The van der Waals surface area contributed by atoms with E-state index >= 15 is 0 Å². The SMILES string of the molecule is CCCNCC(CC)N(CC(C)C)C1CCCC1. The van der Waals surface area contributed by atoms with E-state index in [1.165, 1.54) is 51.6 Å². The highest BCUT2D eigenvalue weighted by Gasteiger charge is 2.27. The van der Waals surface area contributed by atoms with Gasteiger partial charge in [-0.15, -0.1) is 0 Å². The van der Waals surface area contributed by atoms with Crippen molar-refractivity contribution >= 4 is 0 Å². The Labute approximate surface area is 115 Å². The molecule has 1 saturated carbocycles. The summed E-state index contributed by atoms with van der Waals surface area (Å²) in [5.41, 5.74) is 0. The van der Waals surface area contributed by atoms with E-state index < -0.39 is 0 Å². The molecular formula is C16H34N2. The standard InChI is InChI=1S/C16H34N2/c1-5-11-17-12-15(6-2)18(13-14(3)4)16-9-7-8-10-16/h14-17H,5-13H2,1-4H3. The van der Waals surface area contributed by atoms with Crippen molar-refractivity contribution in [2.75, 3.05) is 19.6 Å². The molecule has 1 rings (SSSR count). The Balaban J connectivity index is 2.53. The van der Waals surface area contributed by atoms with Crippen molar-refractivity contribution < 1.29 is 0 Å². The molecule has 0 aromatic carbocycles. The molecule has 1 unspecified atom stereocenters. The van der Waals surface area contributed by atoms with Gasteiger partial charge in [0.2, 0.25) is 0 Å². The van der Waals surface area contributed by atoms with Crippen LogP contribution in [0.15, 0.2) is 0 Å². The lowest BCUT2D eigenvalue weighted by atomic mass is 10.0. The zero-order chi connectivity index (χ0) is 13.4. The normalized spacial score (nSPS) is 19.0. The van der Waals surface area contributed by atoms with Crippen molar-refractivity contribution in [3.8, 4) is 0 Å². The maximum absolute atomic E-state index is 3.62. The average molecular weight is 254 g/mol. The van der Waals surface area contributed by atoms with E-state index in [2.05, 4.69) is 37.9 Å². The Hall–Kier alpha value is -0.0800. The van der Waals surface area contributed by atoms with Gasteiger partial charge in [-0.2, -0.15) is 0 Å². The first-order chi connectivity index (χ1) is 8.69. The van der Waals surface area contributed by atoms with E-state index in [4.69, 9.17) is 0 Å². The molecule has 2 heteroatoms. The number of nitrogens with zero attached hydrogens (tertiary/aromatic N) is 1. The van der Waals surface area contributed by atoms with E-state index in [0.717, 1.165) is 24.5 Å². The van der Waals surface area contributed by atoms with Crippen molar-refractivity contribution in [1.29, 1.82) is 0 Å². The predicted octanol–water partition coefficient (Wildman–Crippen LogP) is 3.67. The van der Waals surface area contributed by atoms with E-state index in [9.17, 15) is 0 Å². The Morgan fingerprint density at radius 1 is 1.17 bits per heavy atom. The third-order valence-corrected chi connectivity index (χ3v) is 4.12. The Bertz CT molecular complexity index is 197. The summed E-state index contributed by atoms with van der Waals surface area (Å²) in [6.07, 6.45) is 8.26.